The summed E-state index contributed by atoms with van der Waals surface area (Å²) in [6.45, 7) is 0. The van der Waals surface area contributed by atoms with E-state index in [1.807, 2.05) is 53.2 Å². The molecule has 3 heterocycles. The molecule has 5 rings (SSSR count). The lowest BCUT2D eigenvalue weighted by Gasteiger charge is -2.42. The van der Waals surface area contributed by atoms with Crippen molar-refractivity contribution in [1.29, 1.82) is 0 Å². The van der Waals surface area contributed by atoms with Crippen LogP contribution in [0.4, 0.5) is 0 Å². The minimum absolute atomic E-state index is 0.0151. The van der Waals surface area contributed by atoms with E-state index in [9.17, 15) is 9.59 Å². The lowest BCUT2D eigenvalue weighted by Crippen LogP contribution is -2.52. The van der Waals surface area contributed by atoms with Crippen LogP contribution in [0.5, 0.6) is 0 Å². The van der Waals surface area contributed by atoms with Gasteiger partial charge in [0.25, 0.3) is 11.8 Å². The second-order valence-electron chi connectivity index (χ2n) is 8.39. The number of carbonyl (C=O) groups is 2. The van der Waals surface area contributed by atoms with Crippen LogP contribution in [0.3, 0.4) is 0 Å². The molecule has 2 bridgehead atoms. The fourth-order valence-corrected chi connectivity index (χ4v) is 4.83. The van der Waals surface area contributed by atoms with E-state index in [0.717, 1.165) is 44.3 Å². The Labute approximate surface area is 164 Å². The van der Waals surface area contributed by atoms with Crippen molar-refractivity contribution in [2.24, 2.45) is 0 Å². The average Bonchev–Trinajstić information content (AvgIpc) is 3.40. The van der Waals surface area contributed by atoms with Crippen LogP contribution in [0.25, 0.3) is 0 Å². The molecule has 1 unspecified atom stereocenters. The van der Waals surface area contributed by atoms with Crippen LogP contribution in [0, 0.1) is 0 Å². The molecule has 0 radical (unpaired) electrons. The van der Waals surface area contributed by atoms with Crippen LogP contribution in [0.2, 0.25) is 0 Å². The number of aromatic nitrogens is 1. The summed E-state index contributed by atoms with van der Waals surface area (Å²) >= 11 is 0. The quantitative estimate of drug-likeness (QED) is 0.816. The largest absolute Gasteiger partial charge is 0.360 e. The monoisotopic (exact) mass is 379 g/mol. The van der Waals surface area contributed by atoms with Crippen LogP contribution in [-0.4, -0.2) is 51.9 Å². The third kappa shape index (κ3) is 3.01. The average molecular weight is 379 g/mol. The van der Waals surface area contributed by atoms with Gasteiger partial charge in [-0.3, -0.25) is 9.59 Å². The SMILES string of the molecule is CN(C(=O)c1ccccc1)C1C[C@H]2CC[C@@H](C1)N2C(=O)c1cc(C2CC2)on1. The molecule has 6 heteroatoms. The number of fused-ring (bicyclic) bond motifs is 2. The van der Waals surface area contributed by atoms with Crippen LogP contribution in [-0.2, 0) is 0 Å². The van der Waals surface area contributed by atoms with Gasteiger partial charge in [0, 0.05) is 42.7 Å². The van der Waals surface area contributed by atoms with Gasteiger partial charge in [-0.1, -0.05) is 23.4 Å². The molecule has 0 N–H and O–H groups in total. The standard InChI is InChI=1S/C22H25N3O3/c1-24(21(26)15-5-3-2-4-6-15)18-11-16-9-10-17(12-18)25(16)22(27)19-13-20(28-23-19)14-7-8-14/h2-6,13-14,16-18H,7-12H2,1H3/t16-,17+,18?. The Balaban J connectivity index is 1.29. The lowest BCUT2D eigenvalue weighted by atomic mass is 9.95. The van der Waals surface area contributed by atoms with E-state index < -0.39 is 0 Å². The van der Waals surface area contributed by atoms with Gasteiger partial charge >= 0.3 is 0 Å². The van der Waals surface area contributed by atoms with Gasteiger partial charge in [0.05, 0.1) is 0 Å². The summed E-state index contributed by atoms with van der Waals surface area (Å²) in [4.78, 5) is 29.8. The van der Waals surface area contributed by atoms with Crippen molar-refractivity contribution in [3.05, 3.63) is 53.4 Å². The molecule has 28 heavy (non-hydrogen) atoms. The molecule has 1 aliphatic carbocycles. The van der Waals surface area contributed by atoms with Crippen LogP contribution >= 0.6 is 0 Å². The van der Waals surface area contributed by atoms with Gasteiger partial charge in [-0.05, 0) is 50.7 Å². The van der Waals surface area contributed by atoms with Crippen molar-refractivity contribution in [1.82, 2.24) is 15.0 Å². The van der Waals surface area contributed by atoms with Gasteiger partial charge in [-0.25, -0.2) is 0 Å². The van der Waals surface area contributed by atoms with Crippen molar-refractivity contribution in [2.45, 2.75) is 62.6 Å². The van der Waals surface area contributed by atoms with E-state index in [0.29, 0.717) is 17.2 Å². The first-order valence-corrected chi connectivity index (χ1v) is 10.2. The summed E-state index contributed by atoms with van der Waals surface area (Å²) in [5, 5.41) is 4.04. The second kappa shape index (κ2) is 6.76. The fraction of sp³-hybridized carbons (Fsp3) is 0.500. The molecule has 1 saturated carbocycles. The smallest absolute Gasteiger partial charge is 0.276 e. The Morgan fingerprint density at radius 1 is 1.07 bits per heavy atom. The zero-order valence-corrected chi connectivity index (χ0v) is 16.1. The zero-order valence-electron chi connectivity index (χ0n) is 16.1. The summed E-state index contributed by atoms with van der Waals surface area (Å²) in [6.07, 6.45) is 5.89. The minimum Gasteiger partial charge on any atom is -0.360 e. The van der Waals surface area contributed by atoms with E-state index in [1.165, 1.54) is 0 Å². The summed E-state index contributed by atoms with van der Waals surface area (Å²) in [6, 6.07) is 11.7. The number of nitrogens with zero attached hydrogens (tertiary/aromatic N) is 3. The van der Waals surface area contributed by atoms with Gasteiger partial charge in [0.15, 0.2) is 5.69 Å². The summed E-state index contributed by atoms with van der Waals surface area (Å²) < 4.78 is 5.38. The predicted octanol–water partition coefficient (Wildman–Crippen LogP) is 3.46. The number of amides is 2. The number of benzene rings is 1. The lowest BCUT2D eigenvalue weighted by molar-refractivity contribution is 0.0400. The molecule has 6 nitrogen and oxygen atoms in total. The number of rotatable bonds is 4. The summed E-state index contributed by atoms with van der Waals surface area (Å²) in [5.74, 6) is 1.34. The van der Waals surface area contributed by atoms with Gasteiger partial charge < -0.3 is 14.3 Å². The molecule has 2 saturated heterocycles. The maximum absolute atomic E-state index is 13.1. The summed E-state index contributed by atoms with van der Waals surface area (Å²) in [5.41, 5.74) is 1.15. The van der Waals surface area contributed by atoms with E-state index >= 15 is 0 Å². The van der Waals surface area contributed by atoms with Crippen LogP contribution < -0.4 is 0 Å². The third-order valence-electron chi connectivity index (χ3n) is 6.56. The summed E-state index contributed by atoms with van der Waals surface area (Å²) in [7, 11) is 1.89. The highest BCUT2D eigenvalue weighted by molar-refractivity contribution is 5.94. The highest BCUT2D eigenvalue weighted by atomic mass is 16.5. The molecular weight excluding hydrogens is 354 g/mol. The molecule has 146 valence electrons. The highest BCUT2D eigenvalue weighted by Gasteiger charge is 2.46. The predicted molar refractivity (Wildman–Crippen MR) is 103 cm³/mol. The Morgan fingerprint density at radius 3 is 2.39 bits per heavy atom. The molecular formula is C22H25N3O3. The first-order chi connectivity index (χ1) is 13.6. The highest BCUT2D eigenvalue weighted by Crippen LogP contribution is 2.41. The van der Waals surface area contributed by atoms with E-state index in [4.69, 9.17) is 4.52 Å². The Kier molecular flexibility index (Phi) is 4.22. The van der Waals surface area contributed by atoms with E-state index in [-0.39, 0.29) is 29.9 Å². The number of piperidine rings is 1. The molecule has 1 aromatic heterocycles. The molecule has 2 amide bonds. The van der Waals surface area contributed by atoms with Crippen LogP contribution in [0.15, 0.2) is 40.9 Å². The fourth-order valence-electron chi connectivity index (χ4n) is 4.83. The molecule has 0 spiro atoms. The molecule has 3 atom stereocenters. The first kappa shape index (κ1) is 17.5. The number of carbonyl (C=O) groups excluding carboxylic acids is 2. The van der Waals surface area contributed by atoms with Crippen molar-refractivity contribution in [3.8, 4) is 0 Å². The minimum atomic E-state index is -0.0151. The zero-order chi connectivity index (χ0) is 19.3. The van der Waals surface area contributed by atoms with Crippen LogP contribution in [0.1, 0.15) is 71.0 Å². The molecule has 1 aromatic carbocycles. The maximum Gasteiger partial charge on any atom is 0.276 e. The topological polar surface area (TPSA) is 66.7 Å². The van der Waals surface area contributed by atoms with E-state index in [2.05, 4.69) is 5.16 Å². The van der Waals surface area contributed by atoms with Crippen molar-refractivity contribution in [2.75, 3.05) is 7.05 Å². The second-order valence-corrected chi connectivity index (χ2v) is 8.39. The van der Waals surface area contributed by atoms with Gasteiger partial charge in [0.2, 0.25) is 0 Å². The molecule has 3 aliphatic rings. The normalized spacial score (nSPS) is 26.3. The molecule has 2 aromatic rings. The first-order valence-electron chi connectivity index (χ1n) is 10.2. The van der Waals surface area contributed by atoms with Gasteiger partial charge in [0.1, 0.15) is 5.76 Å². The van der Waals surface area contributed by atoms with Crippen molar-refractivity contribution in [3.63, 3.8) is 0 Å². The Hall–Kier alpha value is -2.63. The molecule has 2 aliphatic heterocycles. The number of hydrogen-bond donors (Lipinski definition) is 0. The maximum atomic E-state index is 13.1. The van der Waals surface area contributed by atoms with E-state index in [1.54, 1.807) is 0 Å². The van der Waals surface area contributed by atoms with Gasteiger partial charge in [-0.15, -0.1) is 0 Å². The Morgan fingerprint density at radius 2 is 1.75 bits per heavy atom. The number of hydrogen-bond acceptors (Lipinski definition) is 4. The van der Waals surface area contributed by atoms with Crippen molar-refractivity contribution < 1.29 is 14.1 Å². The van der Waals surface area contributed by atoms with Gasteiger partial charge in [-0.2, -0.15) is 0 Å². The molecule has 3 fully saturated rings. The Bertz CT molecular complexity index is 875. The van der Waals surface area contributed by atoms with Crippen molar-refractivity contribution >= 4 is 11.8 Å². The third-order valence-corrected chi connectivity index (χ3v) is 6.56.